The summed E-state index contributed by atoms with van der Waals surface area (Å²) in [7, 11) is 0. The molecule has 0 saturated heterocycles. The predicted octanol–water partition coefficient (Wildman–Crippen LogP) is 5.03. The van der Waals surface area contributed by atoms with E-state index < -0.39 is 0 Å². The van der Waals surface area contributed by atoms with E-state index in [4.69, 9.17) is 0 Å². The fraction of sp³-hybridized carbons (Fsp3) is 0.500. The average molecular weight is 395 g/mol. The second-order valence-corrected chi connectivity index (χ2v) is 4.69. The van der Waals surface area contributed by atoms with Gasteiger partial charge < -0.3 is 2.85 Å². The van der Waals surface area contributed by atoms with Gasteiger partial charge in [-0.05, 0) is 0 Å². The van der Waals surface area contributed by atoms with Gasteiger partial charge in [-0.2, -0.15) is 17.2 Å². The summed E-state index contributed by atoms with van der Waals surface area (Å²) >= 11 is 0. The summed E-state index contributed by atoms with van der Waals surface area (Å²) < 4.78 is 0. The molecule has 0 aliphatic heterocycles. The Morgan fingerprint density at radius 2 is 2.00 bits per heavy atom. The third-order valence-electron chi connectivity index (χ3n) is 3.71. The molecular weight excluding hydrogens is 371 g/mol. The summed E-state index contributed by atoms with van der Waals surface area (Å²) in [5, 5.41) is 0. The van der Waals surface area contributed by atoms with Crippen LogP contribution in [0.25, 0.3) is 0 Å². The minimum absolute atomic E-state index is 0. The van der Waals surface area contributed by atoms with E-state index in [1.807, 2.05) is 12.2 Å². The molecule has 0 aromatic heterocycles. The largest absolute Gasteiger partial charge is 4.00 e. The van der Waals surface area contributed by atoms with Crippen LogP contribution in [0, 0.1) is 17.6 Å². The van der Waals surface area contributed by atoms with Crippen molar-refractivity contribution in [3.8, 4) is 0 Å². The van der Waals surface area contributed by atoms with Gasteiger partial charge in [0, 0.05) is 0 Å². The zero-order chi connectivity index (χ0) is 12.2. The van der Waals surface area contributed by atoms with Crippen LogP contribution in [0.15, 0.2) is 34.9 Å². The van der Waals surface area contributed by atoms with Gasteiger partial charge >= 0.3 is 25.8 Å². The molecule has 2 aliphatic rings. The van der Waals surface area contributed by atoms with E-state index in [0.717, 1.165) is 12.8 Å². The van der Waals surface area contributed by atoms with Crippen molar-refractivity contribution in [3.63, 3.8) is 0 Å². The van der Waals surface area contributed by atoms with Gasteiger partial charge in [-0.3, -0.25) is 12.2 Å². The van der Waals surface area contributed by atoms with Gasteiger partial charge in [0.25, 0.3) is 0 Å². The molecule has 2 aliphatic carbocycles. The quantitative estimate of drug-likeness (QED) is 0.432. The molecule has 0 radical (unpaired) electrons. The molecule has 1 unspecified atom stereocenters. The summed E-state index contributed by atoms with van der Waals surface area (Å²) in [6.07, 6.45) is 14.7. The molecule has 0 N–H and O–H groups in total. The van der Waals surface area contributed by atoms with Crippen LogP contribution in [0.1, 0.15) is 50.3 Å². The Kier molecular flexibility index (Phi) is 7.23. The van der Waals surface area contributed by atoms with Crippen LogP contribution < -0.4 is 0 Å². The molecule has 0 aromatic carbocycles. The first-order valence-corrected chi connectivity index (χ1v) is 6.03. The topological polar surface area (TPSA) is 0 Å². The standard InChI is InChI=1S/C11H17.C5H5.Hf.2H/c1-6-11(5)7-8(2)9(3)10(11)4;1-2-4-5-3-1;;;/h6H2,1-5H3;1-3H,4H2;;;/q2*-1;+4;2*-1. The van der Waals surface area contributed by atoms with Gasteiger partial charge in [0.2, 0.25) is 0 Å². The number of rotatable bonds is 1. The van der Waals surface area contributed by atoms with E-state index in [-0.39, 0.29) is 34.1 Å². The maximum absolute atomic E-state index is 3.52. The van der Waals surface area contributed by atoms with Crippen LogP contribution in [0.5, 0.6) is 0 Å². The van der Waals surface area contributed by atoms with E-state index in [9.17, 15) is 0 Å². The SMILES string of the molecule is CCC1(C)[C-]=C(C)C(C)=C1C.[C-]1=CC=CC1.[H-].[H-].[Hf+4]. The zero-order valence-electron chi connectivity index (χ0n) is 13.6. The third-order valence-corrected chi connectivity index (χ3v) is 3.71. The van der Waals surface area contributed by atoms with Crippen molar-refractivity contribution in [1.29, 1.82) is 0 Å². The van der Waals surface area contributed by atoms with E-state index >= 15 is 0 Å². The first-order valence-electron chi connectivity index (χ1n) is 6.03. The predicted molar refractivity (Wildman–Crippen MR) is 73.0 cm³/mol. The first kappa shape index (κ1) is 16.8. The van der Waals surface area contributed by atoms with Crippen molar-refractivity contribution in [3.05, 3.63) is 47.1 Å². The summed E-state index contributed by atoms with van der Waals surface area (Å²) in [6.45, 7) is 11.1. The molecule has 0 aromatic rings. The van der Waals surface area contributed by atoms with E-state index in [1.54, 1.807) is 0 Å². The van der Waals surface area contributed by atoms with Crippen LogP contribution in [0.3, 0.4) is 0 Å². The minimum Gasteiger partial charge on any atom is -1.00 e. The number of hydrogen-bond acceptors (Lipinski definition) is 0. The molecule has 0 fully saturated rings. The Morgan fingerprint density at radius 1 is 1.35 bits per heavy atom. The molecule has 0 saturated carbocycles. The molecule has 0 nitrogen and oxygen atoms in total. The van der Waals surface area contributed by atoms with Gasteiger partial charge in [0.1, 0.15) is 0 Å². The summed E-state index contributed by atoms with van der Waals surface area (Å²) in [4.78, 5) is 0. The van der Waals surface area contributed by atoms with Crippen molar-refractivity contribution in [2.45, 2.75) is 47.5 Å². The maximum atomic E-state index is 3.52. The van der Waals surface area contributed by atoms with Gasteiger partial charge in [0.05, 0.1) is 0 Å². The molecule has 2 rings (SSSR count). The van der Waals surface area contributed by atoms with Crippen LogP contribution in [-0.2, 0) is 25.8 Å². The molecular formula is C16H24Hf. The number of allylic oxidation sites excluding steroid dienone is 8. The van der Waals surface area contributed by atoms with Crippen molar-refractivity contribution in [2.75, 3.05) is 0 Å². The first-order chi connectivity index (χ1) is 7.51. The van der Waals surface area contributed by atoms with Crippen molar-refractivity contribution < 1.29 is 28.7 Å². The van der Waals surface area contributed by atoms with Crippen LogP contribution in [0.4, 0.5) is 0 Å². The molecule has 0 bridgehead atoms. The average Bonchev–Trinajstić information content (AvgIpc) is 2.89. The van der Waals surface area contributed by atoms with Crippen molar-refractivity contribution in [1.82, 2.24) is 0 Å². The molecule has 17 heavy (non-hydrogen) atoms. The Labute approximate surface area is 128 Å². The molecule has 1 heteroatoms. The smallest absolute Gasteiger partial charge is 1.00 e. The van der Waals surface area contributed by atoms with Gasteiger partial charge in [-0.1, -0.05) is 39.5 Å². The van der Waals surface area contributed by atoms with Gasteiger partial charge in [-0.15, -0.1) is 13.3 Å². The van der Waals surface area contributed by atoms with Gasteiger partial charge in [0.15, 0.2) is 0 Å². The molecule has 0 amide bonds. The van der Waals surface area contributed by atoms with E-state index in [0.29, 0.717) is 0 Å². The molecule has 0 spiro atoms. The Morgan fingerprint density at radius 3 is 2.18 bits per heavy atom. The maximum Gasteiger partial charge on any atom is 4.00 e. The van der Waals surface area contributed by atoms with E-state index in [1.165, 1.54) is 16.7 Å². The Balaban J connectivity index is -0.000000277. The third kappa shape index (κ3) is 4.21. The van der Waals surface area contributed by atoms with Crippen LogP contribution >= 0.6 is 0 Å². The minimum atomic E-state index is 0. The fourth-order valence-corrected chi connectivity index (χ4v) is 1.99. The second-order valence-electron chi connectivity index (χ2n) is 4.69. The number of hydrogen-bond donors (Lipinski definition) is 0. The summed E-state index contributed by atoms with van der Waals surface area (Å²) in [6, 6.07) is 0. The Bertz CT molecular complexity index is 368. The molecule has 0 heterocycles. The molecule has 92 valence electrons. The normalized spacial score (nSPS) is 25.4. The van der Waals surface area contributed by atoms with Crippen molar-refractivity contribution in [2.24, 2.45) is 5.41 Å². The fourth-order valence-electron chi connectivity index (χ4n) is 1.99. The van der Waals surface area contributed by atoms with E-state index in [2.05, 4.69) is 52.8 Å². The van der Waals surface area contributed by atoms with Crippen molar-refractivity contribution >= 4 is 0 Å². The summed E-state index contributed by atoms with van der Waals surface area (Å²) in [5.74, 6) is 0. The Hall–Kier alpha value is -0.170. The summed E-state index contributed by atoms with van der Waals surface area (Å²) in [5.41, 5.74) is 4.51. The monoisotopic (exact) mass is 396 g/mol. The second kappa shape index (κ2) is 7.31. The van der Waals surface area contributed by atoms with Crippen LogP contribution in [0.2, 0.25) is 0 Å². The molecule has 1 atom stereocenters. The van der Waals surface area contributed by atoms with Gasteiger partial charge in [-0.25, -0.2) is 17.7 Å². The zero-order valence-corrected chi connectivity index (χ0v) is 15.2. The van der Waals surface area contributed by atoms with Crippen LogP contribution in [-0.4, -0.2) is 0 Å².